The van der Waals surface area contributed by atoms with Crippen LogP contribution in [0.15, 0.2) is 0 Å². The van der Waals surface area contributed by atoms with E-state index in [2.05, 4.69) is 0 Å². The van der Waals surface area contributed by atoms with E-state index in [9.17, 15) is 13.2 Å². The van der Waals surface area contributed by atoms with Gasteiger partial charge in [0.1, 0.15) is 0 Å². The summed E-state index contributed by atoms with van der Waals surface area (Å²) in [6.07, 6.45) is -4.02. The van der Waals surface area contributed by atoms with Gasteiger partial charge in [0.05, 0.1) is 6.42 Å². The summed E-state index contributed by atoms with van der Waals surface area (Å²) in [5.41, 5.74) is 5.19. The molecule has 0 saturated heterocycles. The highest BCUT2D eigenvalue weighted by molar-refractivity contribution is 4.82. The van der Waals surface area contributed by atoms with Gasteiger partial charge in [0.25, 0.3) is 0 Å². The number of halogens is 3. The standard InChI is InChI=1S/C10H21F3N2/c1-4-6-15(9(2,3)8-14)7-5-10(11,12)13/h4-8,14H2,1-3H3. The largest absolute Gasteiger partial charge is 0.390 e. The number of nitrogens with zero attached hydrogens (tertiary/aromatic N) is 1. The molecule has 0 aliphatic carbocycles. The Morgan fingerprint density at radius 1 is 1.13 bits per heavy atom. The lowest BCUT2D eigenvalue weighted by atomic mass is 10.0. The average Bonchev–Trinajstić information content (AvgIpc) is 2.10. The van der Waals surface area contributed by atoms with Crippen molar-refractivity contribution < 1.29 is 13.2 Å². The second-order valence-electron chi connectivity index (χ2n) is 4.37. The van der Waals surface area contributed by atoms with Gasteiger partial charge in [-0.05, 0) is 26.8 Å². The quantitative estimate of drug-likeness (QED) is 0.753. The zero-order chi connectivity index (χ0) is 12.1. The fourth-order valence-electron chi connectivity index (χ4n) is 1.38. The monoisotopic (exact) mass is 226 g/mol. The van der Waals surface area contributed by atoms with Crippen molar-refractivity contribution in [2.45, 2.75) is 45.3 Å². The Morgan fingerprint density at radius 3 is 2.00 bits per heavy atom. The molecular weight excluding hydrogens is 205 g/mol. The summed E-state index contributed by atoms with van der Waals surface area (Å²) >= 11 is 0. The first kappa shape index (κ1) is 14.7. The molecule has 0 radical (unpaired) electrons. The Hall–Kier alpha value is -0.290. The Balaban J connectivity index is 4.28. The summed E-state index contributed by atoms with van der Waals surface area (Å²) < 4.78 is 36.3. The molecule has 5 heteroatoms. The second kappa shape index (κ2) is 5.70. The summed E-state index contributed by atoms with van der Waals surface area (Å²) in [7, 11) is 0. The molecule has 92 valence electrons. The van der Waals surface area contributed by atoms with Crippen LogP contribution < -0.4 is 5.73 Å². The van der Waals surface area contributed by atoms with Crippen LogP contribution in [-0.4, -0.2) is 36.2 Å². The SMILES string of the molecule is CCCN(CCC(F)(F)F)C(C)(C)CN. The maximum Gasteiger partial charge on any atom is 0.390 e. The van der Waals surface area contributed by atoms with E-state index in [4.69, 9.17) is 5.73 Å². The summed E-state index contributed by atoms with van der Waals surface area (Å²) in [5.74, 6) is 0. The average molecular weight is 226 g/mol. The fourth-order valence-corrected chi connectivity index (χ4v) is 1.38. The molecule has 0 aliphatic heterocycles. The molecule has 0 saturated carbocycles. The highest BCUT2D eigenvalue weighted by Gasteiger charge is 2.31. The van der Waals surface area contributed by atoms with E-state index in [1.807, 2.05) is 20.8 Å². The van der Waals surface area contributed by atoms with Gasteiger partial charge < -0.3 is 5.73 Å². The van der Waals surface area contributed by atoms with Gasteiger partial charge in [0, 0.05) is 18.6 Å². The molecule has 0 fully saturated rings. The van der Waals surface area contributed by atoms with Crippen LogP contribution in [0.2, 0.25) is 0 Å². The Kier molecular flexibility index (Phi) is 5.59. The fraction of sp³-hybridized carbons (Fsp3) is 1.00. The summed E-state index contributed by atoms with van der Waals surface area (Å²) in [4.78, 5) is 1.81. The van der Waals surface area contributed by atoms with Crippen LogP contribution in [0.25, 0.3) is 0 Å². The highest BCUT2D eigenvalue weighted by Crippen LogP contribution is 2.22. The van der Waals surface area contributed by atoms with Gasteiger partial charge in [-0.1, -0.05) is 6.92 Å². The third-order valence-corrected chi connectivity index (χ3v) is 2.51. The lowest BCUT2D eigenvalue weighted by Gasteiger charge is -2.37. The first-order valence-electron chi connectivity index (χ1n) is 5.25. The minimum absolute atomic E-state index is 0.0293. The number of hydrogen-bond donors (Lipinski definition) is 1. The van der Waals surface area contributed by atoms with Crippen molar-refractivity contribution in [3.8, 4) is 0 Å². The minimum Gasteiger partial charge on any atom is -0.329 e. The molecule has 0 aromatic rings. The van der Waals surface area contributed by atoms with E-state index in [1.165, 1.54) is 0 Å². The minimum atomic E-state index is -4.09. The molecule has 0 spiro atoms. The van der Waals surface area contributed by atoms with Gasteiger partial charge in [-0.25, -0.2) is 0 Å². The summed E-state index contributed by atoms with van der Waals surface area (Å²) in [6.45, 7) is 6.75. The van der Waals surface area contributed by atoms with Crippen LogP contribution in [0.4, 0.5) is 13.2 Å². The predicted molar refractivity (Wildman–Crippen MR) is 55.7 cm³/mol. The second-order valence-corrected chi connectivity index (χ2v) is 4.37. The lowest BCUT2D eigenvalue weighted by Crippen LogP contribution is -2.50. The zero-order valence-corrected chi connectivity index (χ0v) is 9.69. The Morgan fingerprint density at radius 2 is 1.67 bits per heavy atom. The highest BCUT2D eigenvalue weighted by atomic mass is 19.4. The Bertz CT molecular complexity index is 178. The molecule has 15 heavy (non-hydrogen) atoms. The maximum atomic E-state index is 12.1. The lowest BCUT2D eigenvalue weighted by molar-refractivity contribution is -0.140. The number of alkyl halides is 3. The van der Waals surface area contributed by atoms with E-state index in [-0.39, 0.29) is 12.1 Å². The molecule has 2 nitrogen and oxygen atoms in total. The van der Waals surface area contributed by atoms with Gasteiger partial charge >= 0.3 is 6.18 Å². The van der Waals surface area contributed by atoms with Crippen molar-refractivity contribution in [1.29, 1.82) is 0 Å². The van der Waals surface area contributed by atoms with E-state index >= 15 is 0 Å². The van der Waals surface area contributed by atoms with Crippen LogP contribution in [0.5, 0.6) is 0 Å². The third kappa shape index (κ3) is 5.99. The van der Waals surface area contributed by atoms with Crippen molar-refractivity contribution in [1.82, 2.24) is 4.90 Å². The van der Waals surface area contributed by atoms with Crippen LogP contribution in [0.3, 0.4) is 0 Å². The molecule has 0 aromatic heterocycles. The Labute approximate surface area is 89.6 Å². The van der Waals surface area contributed by atoms with Crippen molar-refractivity contribution in [2.24, 2.45) is 5.73 Å². The maximum absolute atomic E-state index is 12.1. The molecule has 0 amide bonds. The van der Waals surface area contributed by atoms with Crippen molar-refractivity contribution in [3.05, 3.63) is 0 Å². The summed E-state index contributed by atoms with van der Waals surface area (Å²) in [5, 5.41) is 0. The van der Waals surface area contributed by atoms with Crippen molar-refractivity contribution in [2.75, 3.05) is 19.6 Å². The first-order chi connectivity index (χ1) is 6.73. The molecule has 0 heterocycles. The van der Waals surface area contributed by atoms with Gasteiger partial charge in [-0.15, -0.1) is 0 Å². The molecular formula is C10H21F3N2. The van der Waals surface area contributed by atoms with Gasteiger partial charge in [0.15, 0.2) is 0 Å². The normalized spacial score (nSPS) is 13.6. The predicted octanol–water partition coefficient (Wildman–Crippen LogP) is 2.39. The van der Waals surface area contributed by atoms with E-state index in [1.54, 1.807) is 4.90 Å². The smallest absolute Gasteiger partial charge is 0.329 e. The zero-order valence-electron chi connectivity index (χ0n) is 9.69. The molecule has 0 aromatic carbocycles. The molecule has 2 N–H and O–H groups in total. The van der Waals surface area contributed by atoms with E-state index < -0.39 is 12.6 Å². The van der Waals surface area contributed by atoms with E-state index in [0.29, 0.717) is 13.1 Å². The topological polar surface area (TPSA) is 29.3 Å². The van der Waals surface area contributed by atoms with Crippen LogP contribution in [0, 0.1) is 0 Å². The van der Waals surface area contributed by atoms with Crippen LogP contribution in [-0.2, 0) is 0 Å². The number of nitrogens with two attached hydrogens (primary N) is 1. The molecule has 0 unspecified atom stereocenters. The van der Waals surface area contributed by atoms with Crippen LogP contribution >= 0.6 is 0 Å². The van der Waals surface area contributed by atoms with Crippen LogP contribution in [0.1, 0.15) is 33.6 Å². The van der Waals surface area contributed by atoms with E-state index in [0.717, 1.165) is 6.42 Å². The molecule has 0 aliphatic rings. The van der Waals surface area contributed by atoms with Gasteiger partial charge in [-0.2, -0.15) is 13.2 Å². The molecule has 0 bridgehead atoms. The van der Waals surface area contributed by atoms with Gasteiger partial charge in [-0.3, -0.25) is 4.90 Å². The van der Waals surface area contributed by atoms with Gasteiger partial charge in [0.2, 0.25) is 0 Å². The molecule has 0 rings (SSSR count). The first-order valence-corrected chi connectivity index (χ1v) is 5.25. The number of rotatable bonds is 6. The van der Waals surface area contributed by atoms with Crippen molar-refractivity contribution >= 4 is 0 Å². The summed E-state index contributed by atoms with van der Waals surface area (Å²) in [6, 6.07) is 0. The number of hydrogen-bond acceptors (Lipinski definition) is 2. The third-order valence-electron chi connectivity index (χ3n) is 2.51. The van der Waals surface area contributed by atoms with Crippen molar-refractivity contribution in [3.63, 3.8) is 0 Å². The molecule has 0 atom stereocenters.